The molecule has 0 fully saturated rings. The highest BCUT2D eigenvalue weighted by atomic mass is 32.2. The number of nitrogens with two attached hydrogens (primary N) is 1. The summed E-state index contributed by atoms with van der Waals surface area (Å²) in [5.41, 5.74) is 3.32. The molecule has 0 aliphatic heterocycles. The molecule has 0 aliphatic carbocycles. The normalized spacial score (nSPS) is 10.4. The molecule has 0 bridgehead atoms. The molecule has 3 aromatic rings. The smallest absolute Gasteiger partial charge is 0.260 e. The van der Waals surface area contributed by atoms with Crippen LogP contribution < -0.4 is 10.1 Å². The molecule has 1 heterocycles. The zero-order valence-corrected chi connectivity index (χ0v) is 13.7. The molecule has 126 valence electrons. The Balaban J connectivity index is 1.87. The Kier molecular flexibility index (Phi) is 5.61. The highest BCUT2D eigenvalue weighted by molar-refractivity contribution is 7.90. The summed E-state index contributed by atoms with van der Waals surface area (Å²) < 4.78 is 11.4. The van der Waals surface area contributed by atoms with E-state index in [0.29, 0.717) is 30.2 Å². The molecule has 0 atom stereocenters. The predicted molar refractivity (Wildman–Crippen MR) is 90.3 cm³/mol. The molecule has 0 spiro atoms. The molecule has 0 amide bonds. The van der Waals surface area contributed by atoms with E-state index in [-0.39, 0.29) is 0 Å². The third kappa shape index (κ3) is 4.34. The Labute approximate surface area is 148 Å². The van der Waals surface area contributed by atoms with Gasteiger partial charge in [0.05, 0.1) is 18.2 Å². The first-order chi connectivity index (χ1) is 12.3. The molecule has 0 radical (unpaired) electrons. The van der Waals surface area contributed by atoms with E-state index >= 15 is 0 Å². The summed E-state index contributed by atoms with van der Waals surface area (Å²) >= 11 is 0.613. The third-order valence-electron chi connectivity index (χ3n) is 3.39. The number of rotatable bonds is 7. The lowest BCUT2D eigenvalue weighted by Crippen LogP contribution is -2.02. The van der Waals surface area contributed by atoms with Gasteiger partial charge in [-0.15, -0.1) is 9.32 Å². The molecule has 0 aliphatic rings. The van der Waals surface area contributed by atoms with Crippen molar-refractivity contribution >= 4 is 12.3 Å². The lowest BCUT2D eigenvalue weighted by atomic mass is 9.99. The van der Waals surface area contributed by atoms with Crippen molar-refractivity contribution in [1.29, 1.82) is 5.26 Å². The first-order valence-electron chi connectivity index (χ1n) is 7.13. The quantitative estimate of drug-likeness (QED) is 0.298. The van der Waals surface area contributed by atoms with Gasteiger partial charge < -0.3 is 4.18 Å². The fourth-order valence-corrected chi connectivity index (χ4v) is 2.54. The Bertz CT molecular complexity index is 880. The second-order valence-electron chi connectivity index (χ2n) is 4.92. The van der Waals surface area contributed by atoms with E-state index in [9.17, 15) is 5.26 Å². The van der Waals surface area contributed by atoms with Gasteiger partial charge in [-0.1, -0.05) is 18.2 Å². The summed E-state index contributed by atoms with van der Waals surface area (Å²) in [6.07, 6.45) is 3.07. The average molecular weight is 355 g/mol. The van der Waals surface area contributed by atoms with Crippen LogP contribution in [0.2, 0.25) is 0 Å². The van der Waals surface area contributed by atoms with E-state index in [1.165, 1.54) is 6.33 Å². The van der Waals surface area contributed by atoms with E-state index in [4.69, 9.17) is 10.1 Å². The molecule has 8 nitrogen and oxygen atoms in total. The summed E-state index contributed by atoms with van der Waals surface area (Å²) in [4.78, 5) is 7.88. The van der Waals surface area contributed by atoms with Crippen LogP contribution >= 0.6 is 12.3 Å². The minimum absolute atomic E-state index is 0.463. The zero-order chi connectivity index (χ0) is 17.5. The van der Waals surface area contributed by atoms with Crippen molar-refractivity contribution in [2.24, 2.45) is 5.90 Å². The number of aromatic nitrogens is 3. The summed E-state index contributed by atoms with van der Waals surface area (Å²) in [5.74, 6) is 5.32. The van der Waals surface area contributed by atoms with Crippen molar-refractivity contribution in [3.8, 4) is 22.9 Å². The molecule has 25 heavy (non-hydrogen) atoms. The van der Waals surface area contributed by atoms with Crippen LogP contribution in [0.4, 0.5) is 0 Å². The van der Waals surface area contributed by atoms with Crippen molar-refractivity contribution in [3.63, 3.8) is 0 Å². The SMILES string of the molecule is N#Cc1ccc(-c2cccc(OSOON)c2)cc1Cn1cncn1. The Morgan fingerprint density at radius 2 is 2.08 bits per heavy atom. The van der Waals surface area contributed by atoms with E-state index < -0.39 is 0 Å². The molecule has 3 rings (SSSR count). The zero-order valence-electron chi connectivity index (χ0n) is 12.9. The average Bonchev–Trinajstić information content (AvgIpc) is 3.15. The van der Waals surface area contributed by atoms with Crippen LogP contribution in [0.1, 0.15) is 11.1 Å². The van der Waals surface area contributed by atoms with Gasteiger partial charge in [0.15, 0.2) is 0 Å². The molecule has 0 saturated heterocycles. The Morgan fingerprint density at radius 1 is 1.20 bits per heavy atom. The highest BCUT2D eigenvalue weighted by Crippen LogP contribution is 2.27. The fraction of sp³-hybridized carbons (Fsp3) is 0.0625. The number of nitriles is 1. The minimum atomic E-state index is 0.463. The second kappa shape index (κ2) is 8.27. The van der Waals surface area contributed by atoms with Crippen molar-refractivity contribution in [2.75, 3.05) is 0 Å². The number of hydrogen-bond acceptors (Lipinski definition) is 8. The summed E-state index contributed by atoms with van der Waals surface area (Å²) in [7, 11) is 0. The van der Waals surface area contributed by atoms with Crippen LogP contribution in [0.25, 0.3) is 11.1 Å². The topological polar surface area (TPSA) is 108 Å². The van der Waals surface area contributed by atoms with Crippen LogP contribution in [0, 0.1) is 11.3 Å². The summed E-state index contributed by atoms with van der Waals surface area (Å²) in [6, 6.07) is 15.2. The van der Waals surface area contributed by atoms with Gasteiger partial charge in [-0.3, -0.25) is 0 Å². The van der Waals surface area contributed by atoms with Crippen molar-refractivity contribution in [2.45, 2.75) is 6.54 Å². The maximum atomic E-state index is 9.32. The monoisotopic (exact) mass is 355 g/mol. The van der Waals surface area contributed by atoms with Gasteiger partial charge >= 0.3 is 0 Å². The molecule has 0 saturated carbocycles. The Hall–Kier alpha value is -2.90. The third-order valence-corrected chi connectivity index (χ3v) is 3.78. The number of nitrogens with zero attached hydrogens (tertiary/aromatic N) is 4. The first-order valence-corrected chi connectivity index (χ1v) is 7.79. The summed E-state index contributed by atoms with van der Waals surface area (Å²) in [6.45, 7) is 0.463. The van der Waals surface area contributed by atoms with E-state index in [1.807, 2.05) is 30.3 Å². The summed E-state index contributed by atoms with van der Waals surface area (Å²) in [5, 5.41) is 13.4. The molecule has 0 unspecified atom stereocenters. The van der Waals surface area contributed by atoms with E-state index in [2.05, 4.69) is 25.5 Å². The number of benzene rings is 2. The van der Waals surface area contributed by atoms with Crippen molar-refractivity contribution in [3.05, 3.63) is 66.2 Å². The largest absolute Gasteiger partial charge is 0.399 e. The molecule has 9 heteroatoms. The van der Waals surface area contributed by atoms with Crippen LogP contribution in [0.5, 0.6) is 5.75 Å². The maximum absolute atomic E-state index is 9.32. The van der Waals surface area contributed by atoms with Crippen LogP contribution in [0.3, 0.4) is 0 Å². The van der Waals surface area contributed by atoms with E-state index in [1.54, 1.807) is 23.1 Å². The molecular formula is C16H13N5O3S. The van der Waals surface area contributed by atoms with Crippen molar-refractivity contribution < 1.29 is 13.5 Å². The van der Waals surface area contributed by atoms with Gasteiger partial charge in [-0.2, -0.15) is 16.3 Å². The molecule has 2 N–H and O–H groups in total. The van der Waals surface area contributed by atoms with Gasteiger partial charge in [0, 0.05) is 0 Å². The predicted octanol–water partition coefficient (Wildman–Crippen LogP) is 2.63. The van der Waals surface area contributed by atoms with E-state index in [0.717, 1.165) is 16.7 Å². The van der Waals surface area contributed by atoms with Crippen LogP contribution in [-0.2, 0) is 15.9 Å². The van der Waals surface area contributed by atoms with Crippen LogP contribution in [0.15, 0.2) is 55.1 Å². The second-order valence-corrected chi connectivity index (χ2v) is 5.36. The van der Waals surface area contributed by atoms with Gasteiger partial charge in [-0.25, -0.2) is 9.67 Å². The molecule has 2 aromatic carbocycles. The van der Waals surface area contributed by atoms with Gasteiger partial charge in [0.2, 0.25) is 0 Å². The van der Waals surface area contributed by atoms with Crippen molar-refractivity contribution in [1.82, 2.24) is 14.8 Å². The lowest BCUT2D eigenvalue weighted by molar-refractivity contribution is -0.199. The molecular weight excluding hydrogens is 342 g/mol. The number of hydrogen-bond donors (Lipinski definition) is 1. The standard InChI is InChI=1S/C16H13N5O3S/c17-8-14-5-4-13(6-15(14)9-21-11-19-10-20-21)12-2-1-3-16(7-12)22-25-24-23-18/h1-7,10-11H,9,18H2. The van der Waals surface area contributed by atoms with Gasteiger partial charge in [0.25, 0.3) is 12.3 Å². The lowest BCUT2D eigenvalue weighted by Gasteiger charge is -2.09. The maximum Gasteiger partial charge on any atom is 0.260 e. The fourth-order valence-electron chi connectivity index (χ4n) is 2.30. The minimum Gasteiger partial charge on any atom is -0.399 e. The van der Waals surface area contributed by atoms with Crippen LogP contribution in [-0.4, -0.2) is 14.8 Å². The highest BCUT2D eigenvalue weighted by Gasteiger charge is 2.08. The first kappa shape index (κ1) is 16.9. The van der Waals surface area contributed by atoms with Gasteiger partial charge in [0.1, 0.15) is 18.4 Å². The molecule has 1 aromatic heterocycles. The Morgan fingerprint density at radius 3 is 2.84 bits per heavy atom. The van der Waals surface area contributed by atoms with Gasteiger partial charge in [-0.05, 0) is 41.0 Å².